The first-order chi connectivity index (χ1) is 15.0. The minimum absolute atomic E-state index is 0.0536. The molecular formula is C12H20FN6O11P3. The SMILES string of the molecule is C[C@@H]1[C@H](COP(=O)(O)OP(=O)(O)OP(=O)(O)O)[C@@H](O)[C@H](F)[C@@H]1n1cnc2c(N)nc(N)nc21. The summed E-state index contributed by atoms with van der Waals surface area (Å²) in [5.74, 6) is -2.20. The Kier molecular flexibility index (Phi) is 7.03. The van der Waals surface area contributed by atoms with Gasteiger partial charge >= 0.3 is 23.5 Å². The Morgan fingerprint density at radius 3 is 2.36 bits per heavy atom. The summed E-state index contributed by atoms with van der Waals surface area (Å²) >= 11 is 0. The number of aliphatic hydroxyl groups is 1. The fourth-order valence-electron chi connectivity index (χ4n) is 3.61. The van der Waals surface area contributed by atoms with Crippen LogP contribution in [0.2, 0.25) is 0 Å². The Bertz CT molecular complexity index is 1190. The second-order valence-electron chi connectivity index (χ2n) is 7.13. The molecule has 2 unspecified atom stereocenters. The number of aromatic nitrogens is 4. The van der Waals surface area contributed by atoms with E-state index in [9.17, 15) is 28.6 Å². The second-order valence-corrected chi connectivity index (χ2v) is 11.5. The lowest BCUT2D eigenvalue weighted by Gasteiger charge is -2.23. The van der Waals surface area contributed by atoms with Crippen molar-refractivity contribution in [1.29, 1.82) is 0 Å². The van der Waals surface area contributed by atoms with E-state index in [2.05, 4.69) is 28.1 Å². The minimum Gasteiger partial charge on any atom is -0.390 e. The van der Waals surface area contributed by atoms with Gasteiger partial charge in [0.1, 0.15) is 11.7 Å². The summed E-state index contributed by atoms with van der Waals surface area (Å²) in [6.07, 6.45) is -2.46. The van der Waals surface area contributed by atoms with Gasteiger partial charge in [0.15, 0.2) is 11.5 Å². The number of nitrogens with zero attached hydrogens (tertiary/aromatic N) is 4. The lowest BCUT2D eigenvalue weighted by molar-refractivity contribution is 0.0346. The molecule has 21 heteroatoms. The third-order valence-corrected chi connectivity index (χ3v) is 8.74. The summed E-state index contributed by atoms with van der Waals surface area (Å²) in [6.45, 7) is 0.632. The van der Waals surface area contributed by atoms with Gasteiger partial charge in [-0.2, -0.15) is 18.6 Å². The third kappa shape index (κ3) is 5.75. The fraction of sp³-hybridized carbons (Fsp3) is 0.583. The van der Waals surface area contributed by atoms with Gasteiger partial charge in [0, 0.05) is 5.92 Å². The van der Waals surface area contributed by atoms with E-state index in [1.807, 2.05) is 0 Å². The molecule has 0 spiro atoms. The number of anilines is 2. The maximum absolute atomic E-state index is 15.0. The van der Waals surface area contributed by atoms with Gasteiger partial charge in [0.05, 0.1) is 25.1 Å². The number of aliphatic hydroxyl groups excluding tert-OH is 1. The highest BCUT2D eigenvalue weighted by Crippen LogP contribution is 2.66. The number of halogens is 1. The van der Waals surface area contributed by atoms with Crippen LogP contribution in [0.4, 0.5) is 16.2 Å². The summed E-state index contributed by atoms with van der Waals surface area (Å²) in [5, 5.41) is 10.3. The van der Waals surface area contributed by atoms with Crippen molar-refractivity contribution in [3.63, 3.8) is 0 Å². The van der Waals surface area contributed by atoms with Crippen LogP contribution in [0.3, 0.4) is 0 Å². The zero-order valence-electron chi connectivity index (χ0n) is 16.5. The Labute approximate surface area is 184 Å². The number of fused-ring (bicyclic) bond motifs is 1. The molecule has 2 aromatic rings. The molecule has 0 aliphatic heterocycles. The predicted molar refractivity (Wildman–Crippen MR) is 107 cm³/mol. The average molecular weight is 536 g/mol. The smallest absolute Gasteiger partial charge is 0.390 e. The number of hydrogen-bond acceptors (Lipinski definition) is 12. The molecule has 1 aliphatic carbocycles. The van der Waals surface area contributed by atoms with E-state index >= 15 is 4.39 Å². The van der Waals surface area contributed by atoms with E-state index in [-0.39, 0.29) is 22.9 Å². The normalized spacial score (nSPS) is 29.7. The summed E-state index contributed by atoms with van der Waals surface area (Å²) in [6, 6.07) is -1.10. The van der Waals surface area contributed by atoms with E-state index in [1.165, 1.54) is 17.8 Å². The van der Waals surface area contributed by atoms with Crippen molar-refractivity contribution in [1.82, 2.24) is 19.5 Å². The molecule has 0 amide bonds. The molecule has 0 radical (unpaired) electrons. The van der Waals surface area contributed by atoms with Crippen molar-refractivity contribution in [3.05, 3.63) is 6.33 Å². The molecule has 9 N–H and O–H groups in total. The van der Waals surface area contributed by atoms with E-state index in [1.54, 1.807) is 0 Å². The van der Waals surface area contributed by atoms with Gasteiger partial charge in [-0.3, -0.25) is 4.52 Å². The average Bonchev–Trinajstić information content (AvgIpc) is 3.10. The van der Waals surface area contributed by atoms with Crippen molar-refractivity contribution in [2.75, 3.05) is 18.1 Å². The van der Waals surface area contributed by atoms with Crippen molar-refractivity contribution in [2.45, 2.75) is 25.2 Å². The highest BCUT2D eigenvalue weighted by molar-refractivity contribution is 7.66. The van der Waals surface area contributed by atoms with Crippen molar-refractivity contribution in [3.8, 4) is 0 Å². The Hall–Kier alpha value is -1.55. The van der Waals surface area contributed by atoms with Crippen LogP contribution < -0.4 is 11.5 Å². The number of phosphoric ester groups is 1. The van der Waals surface area contributed by atoms with E-state index in [0.717, 1.165) is 0 Å². The first-order valence-electron chi connectivity index (χ1n) is 8.87. The van der Waals surface area contributed by atoms with Crippen molar-refractivity contribution < 1.29 is 55.9 Å². The van der Waals surface area contributed by atoms with Crippen molar-refractivity contribution >= 4 is 46.4 Å². The monoisotopic (exact) mass is 536 g/mol. The van der Waals surface area contributed by atoms with Gasteiger partial charge in [-0.05, 0) is 5.92 Å². The first kappa shape index (κ1) is 26.1. The third-order valence-electron chi connectivity index (χ3n) is 4.94. The maximum atomic E-state index is 15.0. The fourth-order valence-corrected chi connectivity index (χ4v) is 6.66. The summed E-state index contributed by atoms with van der Waals surface area (Å²) in [4.78, 5) is 47.6. The van der Waals surface area contributed by atoms with E-state index in [0.29, 0.717) is 0 Å². The molecule has 2 heterocycles. The molecule has 186 valence electrons. The maximum Gasteiger partial charge on any atom is 0.490 e. The zero-order chi connectivity index (χ0) is 24.9. The molecule has 0 bridgehead atoms. The summed E-state index contributed by atoms with van der Waals surface area (Å²) < 4.78 is 62.1. The number of nitrogen functional groups attached to an aromatic ring is 2. The van der Waals surface area contributed by atoms with Gasteiger partial charge in [-0.25, -0.2) is 23.1 Å². The minimum atomic E-state index is -5.72. The molecule has 33 heavy (non-hydrogen) atoms. The van der Waals surface area contributed by atoms with Crippen molar-refractivity contribution in [2.24, 2.45) is 11.8 Å². The van der Waals surface area contributed by atoms with Gasteiger partial charge in [0.2, 0.25) is 5.95 Å². The number of rotatable bonds is 8. The summed E-state index contributed by atoms with van der Waals surface area (Å²) in [7, 11) is -16.7. The topological polar surface area (TPSA) is 276 Å². The number of phosphoric acid groups is 3. The first-order valence-corrected chi connectivity index (χ1v) is 13.4. The molecule has 1 fully saturated rings. The largest absolute Gasteiger partial charge is 0.490 e. The standard InChI is InChI=1S/C12H20FN6O11P3/c1-4-5(2-28-32(24,25)30-33(26,27)29-31(21,22)23)9(20)6(13)8(4)19-3-16-7-10(14)17-12(15)18-11(7)19/h3-6,8-9,20H,2H2,1H3,(H,24,25)(H,26,27)(H2,21,22,23)(H4,14,15,17,18)/t4-,5+,6-,8-,9-/m1/s1. The molecule has 7 atom stereocenters. The quantitative estimate of drug-likeness (QED) is 0.216. The van der Waals surface area contributed by atoms with Crippen LogP contribution in [0.1, 0.15) is 13.0 Å². The van der Waals surface area contributed by atoms with E-state index in [4.69, 9.17) is 21.3 Å². The molecule has 3 rings (SSSR count). The van der Waals surface area contributed by atoms with Crippen LogP contribution in [-0.2, 0) is 26.8 Å². The molecule has 0 aromatic carbocycles. The van der Waals surface area contributed by atoms with Gasteiger partial charge in [-0.1, -0.05) is 6.92 Å². The number of alkyl halides is 1. The highest BCUT2D eigenvalue weighted by atomic mass is 31.3. The molecule has 0 saturated heterocycles. The number of nitrogens with two attached hydrogens (primary N) is 2. The van der Waals surface area contributed by atoms with Crippen LogP contribution >= 0.6 is 23.5 Å². The second kappa shape index (κ2) is 8.91. The highest BCUT2D eigenvalue weighted by Gasteiger charge is 2.51. The molecule has 17 nitrogen and oxygen atoms in total. The van der Waals surface area contributed by atoms with Crippen LogP contribution in [0.15, 0.2) is 6.33 Å². The molecule has 1 aliphatic rings. The molecular weight excluding hydrogens is 516 g/mol. The Balaban J connectivity index is 1.78. The Morgan fingerprint density at radius 2 is 1.76 bits per heavy atom. The van der Waals surface area contributed by atoms with Crippen LogP contribution in [0, 0.1) is 11.8 Å². The summed E-state index contributed by atoms with van der Waals surface area (Å²) in [5.41, 5.74) is 11.5. The Morgan fingerprint density at radius 1 is 1.12 bits per heavy atom. The van der Waals surface area contributed by atoms with Crippen LogP contribution in [0.25, 0.3) is 11.2 Å². The number of hydrogen-bond donors (Lipinski definition) is 7. The van der Waals surface area contributed by atoms with E-state index < -0.39 is 60.2 Å². The lowest BCUT2D eigenvalue weighted by atomic mass is 9.95. The zero-order valence-corrected chi connectivity index (χ0v) is 19.2. The molecule has 2 aromatic heterocycles. The lowest BCUT2D eigenvalue weighted by Crippen LogP contribution is -2.27. The molecule has 1 saturated carbocycles. The van der Waals surface area contributed by atoms with Crippen LogP contribution in [-0.4, -0.2) is 63.1 Å². The van der Waals surface area contributed by atoms with Gasteiger partial charge < -0.3 is 40.7 Å². The van der Waals surface area contributed by atoms with Crippen LogP contribution in [0.5, 0.6) is 0 Å². The van der Waals surface area contributed by atoms with Gasteiger partial charge in [-0.15, -0.1) is 0 Å². The predicted octanol–water partition coefficient (Wildman–Crippen LogP) is -0.160. The number of imidazole rings is 1. The van der Waals surface area contributed by atoms with Gasteiger partial charge in [0.25, 0.3) is 0 Å².